The fourth-order valence-electron chi connectivity index (χ4n) is 1.45. The largest absolute Gasteiger partial charge is 0.478 e. The minimum Gasteiger partial charge on any atom is -0.478 e. The van der Waals surface area contributed by atoms with Gasteiger partial charge < -0.3 is 10.4 Å². The first-order valence-corrected chi connectivity index (χ1v) is 7.55. The number of hydrogen-bond acceptors (Lipinski definition) is 4. The number of sulfonamides is 1. The molecule has 0 radical (unpaired) electrons. The van der Waals surface area contributed by atoms with Gasteiger partial charge in [-0.15, -0.1) is 0 Å². The summed E-state index contributed by atoms with van der Waals surface area (Å²) in [5.41, 5.74) is 0.528. The van der Waals surface area contributed by atoms with E-state index in [4.69, 9.17) is 5.11 Å². The van der Waals surface area contributed by atoms with Crippen molar-refractivity contribution in [1.29, 1.82) is 0 Å². The molecule has 1 aromatic rings. The first kappa shape index (κ1) is 16.1. The van der Waals surface area contributed by atoms with Crippen LogP contribution in [-0.4, -0.2) is 38.5 Å². The predicted molar refractivity (Wildman–Crippen MR) is 72.7 cm³/mol. The molecule has 1 amide bonds. The van der Waals surface area contributed by atoms with Crippen LogP contribution in [0.3, 0.4) is 0 Å². The molecule has 0 aliphatic heterocycles. The van der Waals surface area contributed by atoms with E-state index in [1.807, 2.05) is 0 Å². The van der Waals surface area contributed by atoms with Crippen molar-refractivity contribution in [2.45, 2.75) is 12.7 Å². The van der Waals surface area contributed by atoms with E-state index in [1.165, 1.54) is 24.3 Å². The third kappa shape index (κ3) is 5.37. The fraction of sp³-hybridized carbons (Fsp3) is 0.333. The van der Waals surface area contributed by atoms with Crippen molar-refractivity contribution >= 4 is 21.9 Å². The molecule has 3 N–H and O–H groups in total. The molecule has 0 saturated carbocycles. The van der Waals surface area contributed by atoms with Crippen LogP contribution in [-0.2, 0) is 20.6 Å². The maximum Gasteiger partial charge on any atom is 0.335 e. The van der Waals surface area contributed by atoms with Crippen LogP contribution >= 0.6 is 0 Å². The van der Waals surface area contributed by atoms with Crippen LogP contribution in [0.25, 0.3) is 0 Å². The van der Waals surface area contributed by atoms with E-state index in [1.54, 1.807) is 6.92 Å². The van der Waals surface area contributed by atoms with Gasteiger partial charge >= 0.3 is 5.97 Å². The van der Waals surface area contributed by atoms with E-state index in [-0.39, 0.29) is 17.9 Å². The number of hydrogen-bond donors (Lipinski definition) is 3. The molecule has 0 bridgehead atoms. The van der Waals surface area contributed by atoms with Crippen LogP contribution < -0.4 is 10.0 Å². The molecule has 20 heavy (non-hydrogen) atoms. The van der Waals surface area contributed by atoms with Gasteiger partial charge in [-0.3, -0.25) is 4.79 Å². The Kier molecular flexibility index (Phi) is 5.66. The molecule has 7 nitrogen and oxygen atoms in total. The van der Waals surface area contributed by atoms with Gasteiger partial charge in [-0.2, -0.15) is 0 Å². The van der Waals surface area contributed by atoms with Gasteiger partial charge in [0.2, 0.25) is 15.9 Å². The minimum atomic E-state index is -3.64. The number of carboxylic acid groups (broad SMARTS) is 1. The van der Waals surface area contributed by atoms with E-state index in [9.17, 15) is 18.0 Å². The zero-order valence-electron chi connectivity index (χ0n) is 10.9. The SMILES string of the molecule is CCNC(=O)CNS(=O)(=O)Cc1ccc(C(=O)O)cc1. The molecule has 0 aliphatic carbocycles. The Morgan fingerprint density at radius 2 is 1.80 bits per heavy atom. The molecular formula is C12H16N2O5S. The smallest absolute Gasteiger partial charge is 0.335 e. The zero-order valence-corrected chi connectivity index (χ0v) is 11.7. The van der Waals surface area contributed by atoms with Gasteiger partial charge in [0.15, 0.2) is 0 Å². The lowest BCUT2D eigenvalue weighted by Crippen LogP contribution is -2.37. The van der Waals surface area contributed by atoms with Gasteiger partial charge in [0, 0.05) is 6.54 Å². The normalized spacial score (nSPS) is 11.1. The molecular weight excluding hydrogens is 284 g/mol. The van der Waals surface area contributed by atoms with Crippen molar-refractivity contribution in [2.75, 3.05) is 13.1 Å². The van der Waals surface area contributed by atoms with Crippen LogP contribution in [0.4, 0.5) is 0 Å². The highest BCUT2D eigenvalue weighted by atomic mass is 32.2. The predicted octanol–water partition coefficient (Wildman–Crippen LogP) is -0.0597. The van der Waals surface area contributed by atoms with E-state index >= 15 is 0 Å². The van der Waals surface area contributed by atoms with Crippen LogP contribution in [0.5, 0.6) is 0 Å². The van der Waals surface area contributed by atoms with Crippen LogP contribution in [0.1, 0.15) is 22.8 Å². The second-order valence-electron chi connectivity index (χ2n) is 4.04. The maximum absolute atomic E-state index is 11.7. The van der Waals surface area contributed by atoms with Gasteiger partial charge in [0.1, 0.15) is 0 Å². The minimum absolute atomic E-state index is 0.0847. The van der Waals surface area contributed by atoms with E-state index in [0.717, 1.165) is 0 Å². The summed E-state index contributed by atoms with van der Waals surface area (Å²) < 4.78 is 25.6. The number of carbonyl (C=O) groups is 2. The molecule has 110 valence electrons. The first-order chi connectivity index (χ1) is 9.34. The highest BCUT2D eigenvalue weighted by molar-refractivity contribution is 7.88. The third-order valence-electron chi connectivity index (χ3n) is 2.38. The quantitative estimate of drug-likeness (QED) is 0.653. The van der Waals surface area contributed by atoms with Crippen molar-refractivity contribution in [1.82, 2.24) is 10.0 Å². The summed E-state index contributed by atoms with van der Waals surface area (Å²) in [6.45, 7) is 1.84. The highest BCUT2D eigenvalue weighted by Gasteiger charge is 2.13. The second-order valence-corrected chi connectivity index (χ2v) is 5.84. The van der Waals surface area contributed by atoms with E-state index < -0.39 is 21.9 Å². The van der Waals surface area contributed by atoms with E-state index in [0.29, 0.717) is 12.1 Å². The average molecular weight is 300 g/mol. The number of likely N-dealkylation sites (N-methyl/N-ethyl adjacent to an activating group) is 1. The summed E-state index contributed by atoms with van der Waals surface area (Å²) >= 11 is 0. The summed E-state index contributed by atoms with van der Waals surface area (Å²) in [7, 11) is -3.64. The van der Waals surface area contributed by atoms with Crippen LogP contribution in [0.15, 0.2) is 24.3 Å². The van der Waals surface area contributed by atoms with Gasteiger partial charge in [-0.05, 0) is 24.6 Å². The van der Waals surface area contributed by atoms with Crippen molar-refractivity contribution < 1.29 is 23.1 Å². The standard InChI is InChI=1S/C12H16N2O5S/c1-2-13-11(15)7-14-20(18,19)8-9-3-5-10(6-4-9)12(16)17/h3-6,14H,2,7-8H2,1H3,(H,13,15)(H,16,17). The molecule has 8 heteroatoms. The Morgan fingerprint density at radius 3 is 2.30 bits per heavy atom. The second kappa shape index (κ2) is 7.01. The Balaban J connectivity index is 2.62. The lowest BCUT2D eigenvalue weighted by Gasteiger charge is -2.07. The van der Waals surface area contributed by atoms with Gasteiger partial charge in [-0.1, -0.05) is 12.1 Å². The van der Waals surface area contributed by atoms with Crippen molar-refractivity contribution in [3.8, 4) is 0 Å². The van der Waals surface area contributed by atoms with Crippen molar-refractivity contribution in [3.63, 3.8) is 0 Å². The summed E-state index contributed by atoms with van der Waals surface area (Å²) in [6, 6.07) is 5.51. The van der Waals surface area contributed by atoms with Gasteiger partial charge in [0.05, 0.1) is 17.9 Å². The molecule has 0 aliphatic rings. The number of rotatable bonds is 7. The number of aromatic carboxylic acids is 1. The highest BCUT2D eigenvalue weighted by Crippen LogP contribution is 2.07. The van der Waals surface area contributed by atoms with Crippen LogP contribution in [0, 0.1) is 0 Å². The van der Waals surface area contributed by atoms with Crippen LogP contribution in [0.2, 0.25) is 0 Å². The molecule has 1 rings (SSSR count). The molecule has 0 saturated heterocycles. The maximum atomic E-state index is 11.7. The monoisotopic (exact) mass is 300 g/mol. The lowest BCUT2D eigenvalue weighted by molar-refractivity contribution is -0.119. The molecule has 1 aromatic carbocycles. The molecule has 0 aromatic heterocycles. The average Bonchev–Trinajstić information content (AvgIpc) is 2.37. The lowest BCUT2D eigenvalue weighted by atomic mass is 10.1. The molecule has 0 fully saturated rings. The van der Waals surface area contributed by atoms with Crippen molar-refractivity contribution in [2.24, 2.45) is 0 Å². The molecule has 0 heterocycles. The third-order valence-corrected chi connectivity index (χ3v) is 3.68. The van der Waals surface area contributed by atoms with E-state index in [2.05, 4.69) is 10.0 Å². The topological polar surface area (TPSA) is 113 Å². The number of amides is 1. The number of benzene rings is 1. The first-order valence-electron chi connectivity index (χ1n) is 5.90. The summed E-state index contributed by atoms with van der Waals surface area (Å²) in [4.78, 5) is 21.8. The Bertz CT molecular complexity index is 580. The summed E-state index contributed by atoms with van der Waals surface area (Å²) in [5, 5.41) is 11.2. The molecule has 0 spiro atoms. The van der Waals surface area contributed by atoms with Gasteiger partial charge in [-0.25, -0.2) is 17.9 Å². The molecule has 0 atom stereocenters. The zero-order chi connectivity index (χ0) is 15.2. The van der Waals surface area contributed by atoms with Crippen molar-refractivity contribution in [3.05, 3.63) is 35.4 Å². The fourth-order valence-corrected chi connectivity index (χ4v) is 2.53. The number of nitrogens with one attached hydrogen (secondary N) is 2. The number of carbonyl (C=O) groups excluding carboxylic acids is 1. The summed E-state index contributed by atoms with van der Waals surface area (Å²) in [5.74, 6) is -1.79. The Hall–Kier alpha value is -1.93. The molecule has 0 unspecified atom stereocenters. The Morgan fingerprint density at radius 1 is 1.20 bits per heavy atom. The number of carboxylic acids is 1. The Labute approximate surface area is 117 Å². The van der Waals surface area contributed by atoms with Gasteiger partial charge in [0.25, 0.3) is 0 Å². The summed E-state index contributed by atoms with van der Waals surface area (Å²) in [6.07, 6.45) is 0.